The number of alkyl halides is 3. The summed E-state index contributed by atoms with van der Waals surface area (Å²) >= 11 is -1.27. The van der Waals surface area contributed by atoms with Gasteiger partial charge in [0.25, 0.3) is 0 Å². The van der Waals surface area contributed by atoms with Crippen molar-refractivity contribution in [2.24, 2.45) is 0 Å². The van der Waals surface area contributed by atoms with Crippen LogP contribution in [0.25, 0.3) is 28.0 Å². The van der Waals surface area contributed by atoms with Gasteiger partial charge >= 0.3 is 6.18 Å². The average Bonchev–Trinajstić information content (AvgIpc) is 3.30. The van der Waals surface area contributed by atoms with Crippen molar-refractivity contribution in [1.82, 2.24) is 24.5 Å². The molecule has 2 N–H and O–H groups in total. The SMILES string of the molecule is CCC[C@H](N[S+]([O-])C(C)(C)C)c1cccc(-c2ccc3cnn(-c4cccc([C@@H](O)C(F)(F)F)n4)c3c2)n1. The third kappa shape index (κ3) is 6.17. The molecule has 1 aromatic carbocycles. The van der Waals surface area contributed by atoms with E-state index in [0.717, 1.165) is 35.6 Å². The molecule has 0 spiro atoms. The lowest BCUT2D eigenvalue weighted by molar-refractivity contribution is -0.207. The summed E-state index contributed by atoms with van der Waals surface area (Å²) in [5.74, 6) is 0.150. The van der Waals surface area contributed by atoms with Gasteiger partial charge in [0, 0.05) is 22.3 Å². The van der Waals surface area contributed by atoms with E-state index in [1.54, 1.807) is 6.20 Å². The number of hydrogen-bond acceptors (Lipinski definition) is 6. The molecular formula is C27H30F3N5O2S. The minimum Gasteiger partial charge on any atom is -0.598 e. The molecule has 0 saturated carbocycles. The molecule has 0 bridgehead atoms. The zero-order valence-electron chi connectivity index (χ0n) is 21.5. The Labute approximate surface area is 222 Å². The number of rotatable bonds is 8. The topological polar surface area (TPSA) is 98.9 Å². The van der Waals surface area contributed by atoms with Crippen molar-refractivity contribution >= 4 is 22.3 Å². The summed E-state index contributed by atoms with van der Waals surface area (Å²) < 4.78 is 56.1. The smallest absolute Gasteiger partial charge is 0.420 e. The molecule has 0 aliphatic rings. The van der Waals surface area contributed by atoms with E-state index >= 15 is 0 Å². The van der Waals surface area contributed by atoms with Crippen LogP contribution in [0.3, 0.4) is 0 Å². The first-order valence-corrected chi connectivity index (χ1v) is 13.4. The normalized spacial score (nSPS) is 15.0. The first-order chi connectivity index (χ1) is 17.9. The van der Waals surface area contributed by atoms with Gasteiger partial charge in [-0.25, -0.2) is 9.67 Å². The Morgan fingerprint density at radius 3 is 2.42 bits per heavy atom. The second-order valence-electron chi connectivity index (χ2n) is 9.98. The number of aliphatic hydroxyl groups is 1. The van der Waals surface area contributed by atoms with Crippen LogP contribution in [0, 0.1) is 0 Å². The van der Waals surface area contributed by atoms with Crippen molar-refractivity contribution in [2.45, 2.75) is 63.6 Å². The van der Waals surface area contributed by atoms with E-state index in [2.05, 4.69) is 21.7 Å². The number of pyridine rings is 2. The molecule has 4 rings (SSSR count). The molecule has 0 aliphatic carbocycles. The van der Waals surface area contributed by atoms with Crippen molar-refractivity contribution < 1.29 is 22.8 Å². The number of aliphatic hydroxyl groups excluding tert-OH is 1. The van der Waals surface area contributed by atoms with Crippen molar-refractivity contribution in [1.29, 1.82) is 0 Å². The summed E-state index contributed by atoms with van der Waals surface area (Å²) in [6, 6.07) is 15.1. The van der Waals surface area contributed by atoms with Crippen molar-refractivity contribution in [3.8, 4) is 17.1 Å². The summed E-state index contributed by atoms with van der Waals surface area (Å²) in [7, 11) is 0. The minimum atomic E-state index is -4.83. The zero-order valence-corrected chi connectivity index (χ0v) is 22.3. The van der Waals surface area contributed by atoms with E-state index in [1.807, 2.05) is 57.2 Å². The molecule has 11 heteroatoms. The highest BCUT2D eigenvalue weighted by Gasteiger charge is 2.40. The van der Waals surface area contributed by atoms with E-state index in [1.165, 1.54) is 16.8 Å². The maximum Gasteiger partial charge on any atom is 0.420 e. The lowest BCUT2D eigenvalue weighted by Crippen LogP contribution is -2.41. The summed E-state index contributed by atoms with van der Waals surface area (Å²) in [5.41, 5.74) is 2.35. The standard InChI is InChI=1S/C27H30F3N5O2S/c1-5-8-21(34-38(37)26(2,3)4)20-10-6-9-19(32-20)17-13-14-18-16-31-35(23(18)15-17)24-12-7-11-22(33-24)25(36)27(28,29)30/h6-7,9-16,21,25,34,36H,5,8H2,1-4H3/t21-,25+,38?/m0/s1. The van der Waals surface area contributed by atoms with Gasteiger partial charge in [-0.3, -0.25) is 4.98 Å². The van der Waals surface area contributed by atoms with Gasteiger partial charge in [-0.2, -0.15) is 18.3 Å². The van der Waals surface area contributed by atoms with Gasteiger partial charge in [-0.15, -0.1) is 4.72 Å². The fraction of sp³-hybridized carbons (Fsp3) is 0.370. The number of nitrogens with one attached hydrogen (secondary N) is 1. The van der Waals surface area contributed by atoms with Crippen LogP contribution in [-0.2, 0) is 11.4 Å². The highest BCUT2D eigenvalue weighted by molar-refractivity contribution is 7.90. The lowest BCUT2D eigenvalue weighted by atomic mass is 10.1. The van der Waals surface area contributed by atoms with Crippen LogP contribution in [-0.4, -0.2) is 40.3 Å². The zero-order chi connectivity index (χ0) is 27.7. The van der Waals surface area contributed by atoms with Gasteiger partial charge in [0.15, 0.2) is 11.9 Å². The van der Waals surface area contributed by atoms with E-state index in [-0.39, 0.29) is 11.9 Å². The van der Waals surface area contributed by atoms with Gasteiger partial charge in [0.2, 0.25) is 0 Å². The molecular weight excluding hydrogens is 515 g/mol. The van der Waals surface area contributed by atoms with Crippen molar-refractivity contribution in [3.05, 3.63) is 72.2 Å². The van der Waals surface area contributed by atoms with E-state index in [0.29, 0.717) is 11.2 Å². The molecule has 0 saturated heterocycles. The van der Waals surface area contributed by atoms with Gasteiger partial charge in [-0.1, -0.05) is 37.6 Å². The maximum atomic E-state index is 13.0. The number of aromatic nitrogens is 4. The minimum absolute atomic E-state index is 0.150. The second-order valence-corrected chi connectivity index (χ2v) is 12.0. The molecule has 202 valence electrons. The molecule has 0 radical (unpaired) electrons. The van der Waals surface area contributed by atoms with Crippen molar-refractivity contribution in [2.75, 3.05) is 0 Å². The average molecular weight is 546 g/mol. The first kappa shape index (κ1) is 28.0. The Bertz CT molecular complexity index is 1400. The van der Waals surface area contributed by atoms with Crippen LogP contribution in [0.4, 0.5) is 13.2 Å². The first-order valence-electron chi connectivity index (χ1n) is 12.2. The molecule has 0 amide bonds. The van der Waals surface area contributed by atoms with Gasteiger partial charge in [0.05, 0.1) is 34.8 Å². The predicted molar refractivity (Wildman–Crippen MR) is 142 cm³/mol. The third-order valence-corrected chi connectivity index (χ3v) is 7.55. The van der Waals surface area contributed by atoms with Gasteiger partial charge < -0.3 is 9.66 Å². The Kier molecular flexibility index (Phi) is 8.12. The molecule has 7 nitrogen and oxygen atoms in total. The second kappa shape index (κ2) is 11.0. The summed E-state index contributed by atoms with van der Waals surface area (Å²) in [6.45, 7) is 7.80. The number of hydrogen-bond donors (Lipinski definition) is 2. The molecule has 38 heavy (non-hydrogen) atoms. The fourth-order valence-corrected chi connectivity index (χ4v) is 4.76. The van der Waals surface area contributed by atoms with Crippen LogP contribution in [0.1, 0.15) is 64.1 Å². The fourth-order valence-electron chi connectivity index (χ4n) is 3.91. The Morgan fingerprint density at radius 1 is 1.03 bits per heavy atom. The number of nitrogens with zero attached hydrogens (tertiary/aromatic N) is 4. The summed E-state index contributed by atoms with van der Waals surface area (Å²) in [5, 5.41) is 14.7. The van der Waals surface area contributed by atoms with E-state index in [4.69, 9.17) is 4.98 Å². The quantitative estimate of drug-likeness (QED) is 0.265. The van der Waals surface area contributed by atoms with E-state index < -0.39 is 34.1 Å². The van der Waals surface area contributed by atoms with Crippen LogP contribution in [0.5, 0.6) is 0 Å². The Morgan fingerprint density at radius 2 is 1.74 bits per heavy atom. The van der Waals surface area contributed by atoms with Gasteiger partial charge in [-0.05, 0) is 57.5 Å². The number of benzene rings is 1. The molecule has 0 aliphatic heterocycles. The molecule has 1 unspecified atom stereocenters. The molecule has 0 fully saturated rings. The molecule has 3 aromatic heterocycles. The number of halogens is 3. The van der Waals surface area contributed by atoms with Gasteiger partial charge in [0.1, 0.15) is 4.75 Å². The third-order valence-electron chi connectivity index (χ3n) is 5.94. The van der Waals surface area contributed by atoms with Crippen LogP contribution < -0.4 is 4.72 Å². The van der Waals surface area contributed by atoms with E-state index in [9.17, 15) is 22.8 Å². The largest absolute Gasteiger partial charge is 0.598 e. The Hall–Kier alpha value is -2.99. The lowest BCUT2D eigenvalue weighted by Gasteiger charge is -2.27. The molecule has 3 atom stereocenters. The van der Waals surface area contributed by atoms with Crippen molar-refractivity contribution in [3.63, 3.8) is 0 Å². The predicted octanol–water partition coefficient (Wildman–Crippen LogP) is 5.97. The molecule has 3 heterocycles. The summed E-state index contributed by atoms with van der Waals surface area (Å²) in [4.78, 5) is 8.87. The summed E-state index contributed by atoms with van der Waals surface area (Å²) in [6.07, 6.45) is -4.28. The van der Waals surface area contributed by atoms with Crippen LogP contribution >= 0.6 is 0 Å². The highest BCUT2D eigenvalue weighted by Crippen LogP contribution is 2.32. The maximum absolute atomic E-state index is 13.0. The Balaban J connectivity index is 1.70. The van der Waals surface area contributed by atoms with Crippen LogP contribution in [0.15, 0.2) is 60.8 Å². The monoisotopic (exact) mass is 545 g/mol. The van der Waals surface area contributed by atoms with Crippen LogP contribution in [0.2, 0.25) is 0 Å². The molecule has 4 aromatic rings. The number of fused-ring (bicyclic) bond motifs is 1. The highest BCUT2D eigenvalue weighted by atomic mass is 32.2.